The van der Waals surface area contributed by atoms with Gasteiger partial charge in [-0.2, -0.15) is 0 Å². The van der Waals surface area contributed by atoms with Gasteiger partial charge in [0.05, 0.1) is 0 Å². The number of nitrogens with zero attached hydrogens (tertiary/aromatic N) is 1. The highest BCUT2D eigenvalue weighted by Crippen LogP contribution is 2.13. The third-order valence-electron chi connectivity index (χ3n) is 2.54. The quantitative estimate of drug-likeness (QED) is 0.573. The molecular formula is C10H20N2O4. The molecular weight excluding hydrogens is 212 g/mol. The van der Waals surface area contributed by atoms with Gasteiger partial charge in [0.2, 0.25) is 0 Å². The average Bonchev–Trinajstić information content (AvgIpc) is 2.22. The summed E-state index contributed by atoms with van der Waals surface area (Å²) in [6, 6.07) is 0.791. The molecule has 1 rings (SSSR count). The lowest BCUT2D eigenvalue weighted by Crippen LogP contribution is -2.42. The van der Waals surface area contributed by atoms with Crippen molar-refractivity contribution in [3.8, 4) is 0 Å². The molecule has 1 fully saturated rings. The lowest BCUT2D eigenvalue weighted by Gasteiger charge is -2.32. The molecule has 0 radical (unpaired) electrons. The largest absolute Gasteiger partial charge is 0.473 e. The van der Waals surface area contributed by atoms with Gasteiger partial charge in [0.1, 0.15) is 0 Å². The summed E-state index contributed by atoms with van der Waals surface area (Å²) in [6.07, 6.45) is 4.17. The maximum atomic E-state index is 9.10. The number of hydrogen-bond donors (Lipinski definition) is 3. The van der Waals surface area contributed by atoms with Crippen LogP contribution in [0.15, 0.2) is 0 Å². The molecule has 0 spiro atoms. The highest BCUT2D eigenvalue weighted by atomic mass is 16.4. The fraction of sp³-hybridized carbons (Fsp3) is 0.800. The van der Waals surface area contributed by atoms with Crippen molar-refractivity contribution in [3.05, 3.63) is 0 Å². The molecule has 94 valence electrons. The van der Waals surface area contributed by atoms with E-state index in [-0.39, 0.29) is 0 Å². The molecule has 6 heteroatoms. The second-order valence-corrected chi connectivity index (χ2v) is 3.80. The Hall–Kier alpha value is -1.14. The second kappa shape index (κ2) is 8.06. The fourth-order valence-electron chi connectivity index (χ4n) is 1.64. The Kier molecular flexibility index (Phi) is 7.49. The Bertz CT molecular complexity index is 219. The molecule has 1 aliphatic heterocycles. The molecule has 1 saturated heterocycles. The molecule has 1 atom stereocenters. The summed E-state index contributed by atoms with van der Waals surface area (Å²) in [7, 11) is 4.25. The van der Waals surface area contributed by atoms with Crippen LogP contribution in [-0.4, -0.2) is 60.3 Å². The van der Waals surface area contributed by atoms with E-state index in [0.717, 1.165) is 12.6 Å². The van der Waals surface area contributed by atoms with E-state index in [1.54, 1.807) is 0 Å². The van der Waals surface area contributed by atoms with Crippen molar-refractivity contribution in [3.63, 3.8) is 0 Å². The topological polar surface area (TPSA) is 89.9 Å². The molecule has 1 aliphatic rings. The van der Waals surface area contributed by atoms with Crippen molar-refractivity contribution in [2.24, 2.45) is 0 Å². The number of nitrogens with one attached hydrogen (secondary N) is 1. The standard InChI is InChI=1S/C8H18N2.C2H2O4/c1-9-7-8-5-3-4-6-10(8)2;3-1(4)2(5)6/h8-9H,3-7H2,1-2H3;(H,3,4)(H,5,6). The number of carbonyl (C=O) groups is 2. The number of carboxylic acid groups (broad SMARTS) is 2. The minimum atomic E-state index is -1.82. The molecule has 3 N–H and O–H groups in total. The maximum Gasteiger partial charge on any atom is 0.414 e. The van der Waals surface area contributed by atoms with E-state index >= 15 is 0 Å². The number of likely N-dealkylation sites (N-methyl/N-ethyl adjacent to an activating group) is 2. The van der Waals surface area contributed by atoms with Crippen LogP contribution in [0.4, 0.5) is 0 Å². The van der Waals surface area contributed by atoms with Crippen molar-refractivity contribution in [1.82, 2.24) is 10.2 Å². The Morgan fingerprint density at radius 3 is 2.25 bits per heavy atom. The Morgan fingerprint density at radius 1 is 1.31 bits per heavy atom. The summed E-state index contributed by atoms with van der Waals surface area (Å²) in [5, 5.41) is 18.0. The second-order valence-electron chi connectivity index (χ2n) is 3.80. The zero-order valence-corrected chi connectivity index (χ0v) is 9.77. The molecule has 0 aromatic heterocycles. The molecule has 1 unspecified atom stereocenters. The first-order valence-electron chi connectivity index (χ1n) is 5.30. The SMILES string of the molecule is CNCC1CCCCN1C.O=C(O)C(=O)O. The first kappa shape index (κ1) is 14.9. The molecule has 0 aliphatic carbocycles. The first-order chi connectivity index (χ1) is 7.49. The molecule has 0 saturated carbocycles. The lowest BCUT2D eigenvalue weighted by atomic mass is 10.0. The van der Waals surface area contributed by atoms with Gasteiger partial charge in [-0.15, -0.1) is 0 Å². The Labute approximate surface area is 95.2 Å². The van der Waals surface area contributed by atoms with Gasteiger partial charge in [-0.25, -0.2) is 9.59 Å². The van der Waals surface area contributed by atoms with Gasteiger partial charge < -0.3 is 20.4 Å². The highest BCUT2D eigenvalue weighted by molar-refractivity contribution is 6.27. The molecule has 6 nitrogen and oxygen atoms in total. The summed E-state index contributed by atoms with van der Waals surface area (Å²) in [4.78, 5) is 20.7. The predicted octanol–water partition coefficient (Wildman–Crippen LogP) is -0.154. The normalized spacial score (nSPS) is 20.8. The third-order valence-corrected chi connectivity index (χ3v) is 2.54. The van der Waals surface area contributed by atoms with Crippen LogP contribution in [0.5, 0.6) is 0 Å². The molecule has 0 aromatic rings. The summed E-state index contributed by atoms with van der Waals surface area (Å²) in [6.45, 7) is 2.43. The van der Waals surface area contributed by atoms with Crippen molar-refractivity contribution >= 4 is 11.9 Å². The van der Waals surface area contributed by atoms with Crippen molar-refractivity contribution < 1.29 is 19.8 Å². The van der Waals surface area contributed by atoms with Crippen molar-refractivity contribution in [2.45, 2.75) is 25.3 Å². The molecule has 0 bridgehead atoms. The zero-order valence-electron chi connectivity index (χ0n) is 9.77. The predicted molar refractivity (Wildman–Crippen MR) is 59.5 cm³/mol. The fourth-order valence-corrected chi connectivity index (χ4v) is 1.64. The number of likely N-dealkylation sites (tertiary alicyclic amines) is 1. The minimum Gasteiger partial charge on any atom is -0.473 e. The van der Waals surface area contributed by atoms with Crippen LogP contribution in [-0.2, 0) is 9.59 Å². The van der Waals surface area contributed by atoms with Gasteiger partial charge in [-0.1, -0.05) is 6.42 Å². The Balaban J connectivity index is 0.000000325. The number of piperidine rings is 1. The third kappa shape index (κ3) is 6.36. The summed E-state index contributed by atoms with van der Waals surface area (Å²) >= 11 is 0. The first-order valence-corrected chi connectivity index (χ1v) is 5.30. The van der Waals surface area contributed by atoms with Gasteiger partial charge in [0.15, 0.2) is 0 Å². The van der Waals surface area contributed by atoms with E-state index in [1.807, 2.05) is 7.05 Å². The van der Waals surface area contributed by atoms with Gasteiger partial charge in [-0.3, -0.25) is 0 Å². The molecule has 16 heavy (non-hydrogen) atoms. The number of aliphatic carboxylic acids is 2. The average molecular weight is 232 g/mol. The lowest BCUT2D eigenvalue weighted by molar-refractivity contribution is -0.159. The van der Waals surface area contributed by atoms with E-state index in [2.05, 4.69) is 17.3 Å². The summed E-state index contributed by atoms with van der Waals surface area (Å²) < 4.78 is 0. The molecule has 1 heterocycles. The van der Waals surface area contributed by atoms with Gasteiger partial charge in [-0.05, 0) is 33.5 Å². The van der Waals surface area contributed by atoms with Gasteiger partial charge in [0, 0.05) is 12.6 Å². The maximum absolute atomic E-state index is 9.10. The summed E-state index contributed by atoms with van der Waals surface area (Å²) in [5.41, 5.74) is 0. The molecule has 0 amide bonds. The monoisotopic (exact) mass is 232 g/mol. The van der Waals surface area contributed by atoms with Crippen LogP contribution in [0.3, 0.4) is 0 Å². The van der Waals surface area contributed by atoms with Gasteiger partial charge in [0.25, 0.3) is 0 Å². The van der Waals surface area contributed by atoms with Gasteiger partial charge >= 0.3 is 11.9 Å². The van der Waals surface area contributed by atoms with Crippen LogP contribution in [0, 0.1) is 0 Å². The smallest absolute Gasteiger partial charge is 0.414 e. The Morgan fingerprint density at radius 2 is 1.88 bits per heavy atom. The van der Waals surface area contributed by atoms with Crippen LogP contribution in [0.2, 0.25) is 0 Å². The van der Waals surface area contributed by atoms with E-state index in [9.17, 15) is 0 Å². The van der Waals surface area contributed by atoms with Crippen molar-refractivity contribution in [1.29, 1.82) is 0 Å². The highest BCUT2D eigenvalue weighted by Gasteiger charge is 2.16. The number of carboxylic acids is 2. The van der Waals surface area contributed by atoms with Crippen LogP contribution < -0.4 is 5.32 Å². The summed E-state index contributed by atoms with van der Waals surface area (Å²) in [5.74, 6) is -3.65. The zero-order chi connectivity index (χ0) is 12.6. The van der Waals surface area contributed by atoms with E-state index < -0.39 is 11.9 Å². The van der Waals surface area contributed by atoms with Crippen LogP contribution in [0.25, 0.3) is 0 Å². The number of rotatable bonds is 2. The minimum absolute atomic E-state index is 0.791. The van der Waals surface area contributed by atoms with E-state index in [1.165, 1.54) is 25.8 Å². The van der Waals surface area contributed by atoms with E-state index in [0.29, 0.717) is 0 Å². The van der Waals surface area contributed by atoms with Crippen molar-refractivity contribution in [2.75, 3.05) is 27.2 Å². The number of hydrogen-bond acceptors (Lipinski definition) is 4. The van der Waals surface area contributed by atoms with E-state index in [4.69, 9.17) is 19.8 Å². The van der Waals surface area contributed by atoms with Crippen LogP contribution in [0.1, 0.15) is 19.3 Å². The van der Waals surface area contributed by atoms with Crippen LogP contribution >= 0.6 is 0 Å². The molecule has 0 aromatic carbocycles.